The quantitative estimate of drug-likeness (QED) is 0.658. The van der Waals surface area contributed by atoms with Gasteiger partial charge in [-0.3, -0.25) is 0 Å². The van der Waals surface area contributed by atoms with Crippen LogP contribution in [0.15, 0.2) is 33.8 Å². The van der Waals surface area contributed by atoms with E-state index < -0.39 is 0 Å². The number of oxazole rings is 1. The molecule has 0 fully saturated rings. The molecule has 0 amide bonds. The van der Waals surface area contributed by atoms with Gasteiger partial charge in [0.1, 0.15) is 5.76 Å². The van der Waals surface area contributed by atoms with Gasteiger partial charge >= 0.3 is 0 Å². The summed E-state index contributed by atoms with van der Waals surface area (Å²) in [5.41, 5.74) is 3.26. The molecule has 0 aliphatic heterocycles. The van der Waals surface area contributed by atoms with Crippen molar-refractivity contribution in [2.24, 2.45) is 0 Å². The SMILES string of the molecule is CCn1c(SCc2nc(C)c(C)o2)nnc1-c1ccccc1C. The predicted octanol–water partition coefficient (Wildman–Crippen LogP) is 4.17. The molecule has 23 heavy (non-hydrogen) atoms. The van der Waals surface area contributed by atoms with Crippen LogP contribution in [0, 0.1) is 20.8 Å². The van der Waals surface area contributed by atoms with Crippen LogP contribution in [0.25, 0.3) is 11.4 Å². The zero-order valence-electron chi connectivity index (χ0n) is 13.8. The topological polar surface area (TPSA) is 56.7 Å². The van der Waals surface area contributed by atoms with E-state index in [1.54, 1.807) is 11.8 Å². The average Bonchev–Trinajstić information content (AvgIpc) is 3.09. The van der Waals surface area contributed by atoms with Gasteiger partial charge in [-0.05, 0) is 33.3 Å². The number of thioether (sulfide) groups is 1. The van der Waals surface area contributed by atoms with Crippen molar-refractivity contribution in [2.45, 2.75) is 45.1 Å². The van der Waals surface area contributed by atoms with Crippen molar-refractivity contribution in [3.05, 3.63) is 47.2 Å². The number of rotatable bonds is 5. The molecule has 0 N–H and O–H groups in total. The highest BCUT2D eigenvalue weighted by molar-refractivity contribution is 7.98. The molecule has 5 nitrogen and oxygen atoms in total. The molecule has 0 bridgehead atoms. The maximum Gasteiger partial charge on any atom is 0.205 e. The third kappa shape index (κ3) is 3.17. The van der Waals surface area contributed by atoms with Gasteiger partial charge in [0.25, 0.3) is 0 Å². The Morgan fingerprint density at radius 1 is 1.13 bits per heavy atom. The van der Waals surface area contributed by atoms with Crippen LogP contribution in [0.4, 0.5) is 0 Å². The smallest absolute Gasteiger partial charge is 0.205 e. The molecule has 120 valence electrons. The third-order valence-corrected chi connectivity index (χ3v) is 4.77. The largest absolute Gasteiger partial charge is 0.445 e. The molecule has 3 aromatic rings. The van der Waals surface area contributed by atoms with E-state index in [9.17, 15) is 0 Å². The fourth-order valence-corrected chi connectivity index (χ4v) is 3.28. The molecule has 2 aromatic heterocycles. The molecular weight excluding hydrogens is 308 g/mol. The number of nitrogens with zero attached hydrogens (tertiary/aromatic N) is 4. The van der Waals surface area contributed by atoms with Gasteiger partial charge in [-0.15, -0.1) is 10.2 Å². The summed E-state index contributed by atoms with van der Waals surface area (Å²) in [5, 5.41) is 9.64. The van der Waals surface area contributed by atoms with E-state index in [0.717, 1.165) is 40.4 Å². The van der Waals surface area contributed by atoms with E-state index >= 15 is 0 Å². The highest BCUT2D eigenvalue weighted by atomic mass is 32.2. The lowest BCUT2D eigenvalue weighted by molar-refractivity contribution is 0.489. The summed E-state index contributed by atoms with van der Waals surface area (Å²) < 4.78 is 7.77. The first-order valence-corrected chi connectivity index (χ1v) is 8.63. The van der Waals surface area contributed by atoms with Gasteiger partial charge in [0.2, 0.25) is 5.89 Å². The molecule has 2 heterocycles. The summed E-state index contributed by atoms with van der Waals surface area (Å²) >= 11 is 1.60. The highest BCUT2D eigenvalue weighted by Gasteiger charge is 2.15. The summed E-state index contributed by atoms with van der Waals surface area (Å²) in [7, 11) is 0. The van der Waals surface area contributed by atoms with E-state index in [-0.39, 0.29) is 0 Å². The van der Waals surface area contributed by atoms with Gasteiger partial charge in [0.05, 0.1) is 11.4 Å². The van der Waals surface area contributed by atoms with Crippen LogP contribution in [0.3, 0.4) is 0 Å². The van der Waals surface area contributed by atoms with Crippen molar-refractivity contribution >= 4 is 11.8 Å². The lowest BCUT2D eigenvalue weighted by atomic mass is 10.1. The van der Waals surface area contributed by atoms with E-state index in [1.807, 2.05) is 26.0 Å². The molecule has 0 aliphatic rings. The lowest BCUT2D eigenvalue weighted by Crippen LogP contribution is -2.00. The summed E-state index contributed by atoms with van der Waals surface area (Å²) in [5.74, 6) is 3.17. The van der Waals surface area contributed by atoms with Crippen molar-refractivity contribution in [1.82, 2.24) is 19.7 Å². The second-order valence-electron chi connectivity index (χ2n) is 5.40. The molecule has 0 aliphatic carbocycles. The van der Waals surface area contributed by atoms with Crippen LogP contribution >= 0.6 is 11.8 Å². The normalized spacial score (nSPS) is 11.1. The first kappa shape index (κ1) is 15.8. The van der Waals surface area contributed by atoms with E-state index in [4.69, 9.17) is 4.42 Å². The second-order valence-corrected chi connectivity index (χ2v) is 6.35. The molecule has 6 heteroatoms. The van der Waals surface area contributed by atoms with Gasteiger partial charge in [-0.25, -0.2) is 4.98 Å². The summed E-state index contributed by atoms with van der Waals surface area (Å²) in [6, 6.07) is 8.24. The Morgan fingerprint density at radius 3 is 2.57 bits per heavy atom. The summed E-state index contributed by atoms with van der Waals surface area (Å²) in [6.45, 7) is 8.91. The van der Waals surface area contributed by atoms with Crippen LogP contribution < -0.4 is 0 Å². The number of hydrogen-bond acceptors (Lipinski definition) is 5. The minimum atomic E-state index is 0.653. The molecule has 1 aromatic carbocycles. The zero-order chi connectivity index (χ0) is 16.4. The fraction of sp³-hybridized carbons (Fsp3) is 0.353. The maximum atomic E-state index is 5.63. The Bertz CT molecular complexity index is 802. The Hall–Kier alpha value is -2.08. The van der Waals surface area contributed by atoms with E-state index in [2.05, 4.69) is 45.7 Å². The molecule has 3 rings (SSSR count). The van der Waals surface area contributed by atoms with Crippen LogP contribution in [0.5, 0.6) is 0 Å². The number of hydrogen-bond donors (Lipinski definition) is 0. The molecular formula is C17H20N4OS. The monoisotopic (exact) mass is 328 g/mol. The molecule has 0 saturated heterocycles. The van der Waals surface area contributed by atoms with Crippen molar-refractivity contribution in [3.8, 4) is 11.4 Å². The second kappa shape index (κ2) is 6.58. The van der Waals surface area contributed by atoms with Crippen LogP contribution in [-0.2, 0) is 12.3 Å². The van der Waals surface area contributed by atoms with Gasteiger partial charge in [0, 0.05) is 12.1 Å². The van der Waals surface area contributed by atoms with Crippen LogP contribution in [0.1, 0.15) is 29.8 Å². The number of aromatic nitrogens is 4. The highest BCUT2D eigenvalue weighted by Crippen LogP contribution is 2.28. The fourth-order valence-electron chi connectivity index (χ4n) is 2.43. The first-order chi connectivity index (χ1) is 11.1. The van der Waals surface area contributed by atoms with Crippen molar-refractivity contribution in [3.63, 3.8) is 0 Å². The third-order valence-electron chi connectivity index (χ3n) is 3.82. The maximum absolute atomic E-state index is 5.63. The van der Waals surface area contributed by atoms with Crippen LogP contribution in [0.2, 0.25) is 0 Å². The molecule has 0 atom stereocenters. The Balaban J connectivity index is 1.85. The Labute approximate surface area is 140 Å². The van der Waals surface area contributed by atoms with Gasteiger partial charge < -0.3 is 8.98 Å². The van der Waals surface area contributed by atoms with E-state index in [0.29, 0.717) is 5.75 Å². The predicted molar refractivity (Wildman–Crippen MR) is 91.4 cm³/mol. The van der Waals surface area contributed by atoms with Gasteiger partial charge in [0.15, 0.2) is 11.0 Å². The standard InChI is InChI=1S/C17H20N4OS/c1-5-21-16(14-9-7-6-8-11(14)2)19-20-17(21)23-10-15-18-12(3)13(4)22-15/h6-9H,5,10H2,1-4H3. The van der Waals surface area contributed by atoms with Gasteiger partial charge in [-0.2, -0.15) is 0 Å². The Morgan fingerprint density at radius 2 is 1.91 bits per heavy atom. The minimum Gasteiger partial charge on any atom is -0.445 e. The molecule has 0 spiro atoms. The molecule has 0 saturated carbocycles. The zero-order valence-corrected chi connectivity index (χ0v) is 14.6. The van der Waals surface area contributed by atoms with Gasteiger partial charge in [-0.1, -0.05) is 36.0 Å². The molecule has 0 unspecified atom stereocenters. The minimum absolute atomic E-state index is 0.653. The van der Waals surface area contributed by atoms with E-state index in [1.165, 1.54) is 5.56 Å². The lowest BCUT2D eigenvalue weighted by Gasteiger charge is -2.08. The summed E-state index contributed by atoms with van der Waals surface area (Å²) in [4.78, 5) is 4.41. The van der Waals surface area contributed by atoms with Crippen molar-refractivity contribution in [1.29, 1.82) is 0 Å². The average molecular weight is 328 g/mol. The number of aryl methyl sites for hydroxylation is 3. The Kier molecular flexibility index (Phi) is 4.52. The van der Waals surface area contributed by atoms with Crippen molar-refractivity contribution in [2.75, 3.05) is 0 Å². The molecule has 0 radical (unpaired) electrons. The summed E-state index contributed by atoms with van der Waals surface area (Å²) in [6.07, 6.45) is 0. The number of benzene rings is 1. The first-order valence-electron chi connectivity index (χ1n) is 7.65. The van der Waals surface area contributed by atoms with Crippen LogP contribution in [-0.4, -0.2) is 19.7 Å². The van der Waals surface area contributed by atoms with Crippen molar-refractivity contribution < 1.29 is 4.42 Å².